The molecule has 3 heteroatoms. The second-order valence-corrected chi connectivity index (χ2v) is 4.14. The van der Waals surface area contributed by atoms with Gasteiger partial charge in [-0.3, -0.25) is 0 Å². The van der Waals surface area contributed by atoms with Crippen LogP contribution < -0.4 is 10.5 Å². The van der Waals surface area contributed by atoms with E-state index < -0.39 is 0 Å². The van der Waals surface area contributed by atoms with Gasteiger partial charge in [-0.1, -0.05) is 19.3 Å². The van der Waals surface area contributed by atoms with Crippen LogP contribution in [0.2, 0.25) is 0 Å². The molecule has 0 aromatic carbocycles. The Morgan fingerprint density at radius 3 is 3.00 bits per heavy atom. The average Bonchev–Trinajstić information content (AvgIpc) is 2.22. The molecule has 0 aliphatic heterocycles. The highest BCUT2D eigenvalue weighted by molar-refractivity contribution is 5.19. The van der Waals surface area contributed by atoms with Crippen molar-refractivity contribution >= 4 is 0 Å². The summed E-state index contributed by atoms with van der Waals surface area (Å²) in [5.41, 5.74) is 6.62. The molecule has 0 bridgehead atoms. The predicted molar refractivity (Wildman–Crippen MR) is 59.6 cm³/mol. The van der Waals surface area contributed by atoms with Gasteiger partial charge in [0.15, 0.2) is 0 Å². The molecule has 1 heterocycles. The molecule has 15 heavy (non-hydrogen) atoms. The van der Waals surface area contributed by atoms with Gasteiger partial charge in [0.05, 0.1) is 6.61 Å². The van der Waals surface area contributed by atoms with Gasteiger partial charge in [0.25, 0.3) is 0 Å². The first-order valence-corrected chi connectivity index (χ1v) is 5.66. The minimum Gasteiger partial charge on any atom is -0.478 e. The van der Waals surface area contributed by atoms with Gasteiger partial charge in [-0.25, -0.2) is 4.98 Å². The Balaban J connectivity index is 1.76. The van der Waals surface area contributed by atoms with E-state index in [2.05, 4.69) is 4.98 Å². The molecule has 2 rings (SSSR count). The Morgan fingerprint density at radius 2 is 2.33 bits per heavy atom. The first-order chi connectivity index (χ1) is 7.38. The van der Waals surface area contributed by atoms with Crippen molar-refractivity contribution in [2.24, 2.45) is 11.7 Å². The number of hydrogen-bond acceptors (Lipinski definition) is 3. The molecule has 1 aliphatic rings. The molecule has 1 fully saturated rings. The number of aromatic nitrogens is 1. The van der Waals surface area contributed by atoms with E-state index in [1.165, 1.54) is 19.3 Å². The summed E-state index contributed by atoms with van der Waals surface area (Å²) in [6.07, 6.45) is 7.06. The molecule has 0 spiro atoms. The van der Waals surface area contributed by atoms with Crippen LogP contribution in [0.3, 0.4) is 0 Å². The topological polar surface area (TPSA) is 48.1 Å². The van der Waals surface area contributed by atoms with Gasteiger partial charge in [0.2, 0.25) is 5.88 Å². The van der Waals surface area contributed by atoms with Crippen LogP contribution in [0.25, 0.3) is 0 Å². The van der Waals surface area contributed by atoms with Crippen LogP contribution in [-0.4, -0.2) is 11.6 Å². The third-order valence-corrected chi connectivity index (χ3v) is 3.04. The number of nitrogens with zero attached hydrogens (tertiary/aromatic N) is 1. The summed E-state index contributed by atoms with van der Waals surface area (Å²) >= 11 is 0. The summed E-state index contributed by atoms with van der Waals surface area (Å²) in [4.78, 5) is 4.15. The van der Waals surface area contributed by atoms with E-state index in [0.717, 1.165) is 24.5 Å². The molecule has 1 aromatic heterocycles. The molecular weight excluding hydrogens is 188 g/mol. The monoisotopic (exact) mass is 206 g/mol. The van der Waals surface area contributed by atoms with Crippen LogP contribution in [0, 0.1) is 5.92 Å². The van der Waals surface area contributed by atoms with Gasteiger partial charge < -0.3 is 10.5 Å². The van der Waals surface area contributed by atoms with Crippen LogP contribution >= 0.6 is 0 Å². The van der Waals surface area contributed by atoms with Crippen molar-refractivity contribution < 1.29 is 4.74 Å². The molecular formula is C12H18N2O. The van der Waals surface area contributed by atoms with Crippen LogP contribution in [0.15, 0.2) is 18.3 Å². The van der Waals surface area contributed by atoms with Gasteiger partial charge in [-0.15, -0.1) is 0 Å². The highest BCUT2D eigenvalue weighted by Gasteiger charge is 2.16. The number of hydrogen-bond donors (Lipinski definition) is 1. The summed E-state index contributed by atoms with van der Waals surface area (Å²) in [6.45, 7) is 1.33. The van der Waals surface area contributed by atoms with Gasteiger partial charge >= 0.3 is 0 Å². The molecule has 0 radical (unpaired) electrons. The van der Waals surface area contributed by atoms with Crippen LogP contribution in [-0.2, 0) is 6.54 Å². The van der Waals surface area contributed by atoms with E-state index in [1.807, 2.05) is 12.1 Å². The van der Waals surface area contributed by atoms with Crippen LogP contribution in [0.5, 0.6) is 5.88 Å². The quantitative estimate of drug-likeness (QED) is 0.802. The molecule has 0 unspecified atom stereocenters. The van der Waals surface area contributed by atoms with E-state index in [4.69, 9.17) is 10.5 Å². The smallest absolute Gasteiger partial charge is 0.213 e. The lowest BCUT2D eigenvalue weighted by Gasteiger charge is -2.24. The second kappa shape index (κ2) is 5.12. The van der Waals surface area contributed by atoms with Crippen molar-refractivity contribution in [3.05, 3.63) is 23.9 Å². The van der Waals surface area contributed by atoms with Crippen molar-refractivity contribution in [2.75, 3.05) is 6.61 Å². The molecule has 1 saturated carbocycles. The van der Waals surface area contributed by atoms with Gasteiger partial charge in [0.1, 0.15) is 0 Å². The summed E-state index contributed by atoms with van der Waals surface area (Å²) in [5, 5.41) is 0. The van der Waals surface area contributed by atoms with Crippen molar-refractivity contribution in [3.63, 3.8) is 0 Å². The SMILES string of the molecule is NCc1ccnc(OCCC2CCC2)c1. The summed E-state index contributed by atoms with van der Waals surface area (Å²) in [6, 6.07) is 3.83. The largest absolute Gasteiger partial charge is 0.478 e. The lowest BCUT2D eigenvalue weighted by molar-refractivity contribution is 0.217. The van der Waals surface area contributed by atoms with Crippen LogP contribution in [0.4, 0.5) is 0 Å². The third-order valence-electron chi connectivity index (χ3n) is 3.04. The number of rotatable bonds is 5. The van der Waals surface area contributed by atoms with Gasteiger partial charge in [-0.2, -0.15) is 0 Å². The van der Waals surface area contributed by atoms with Gasteiger partial charge in [0, 0.05) is 18.8 Å². The number of nitrogens with two attached hydrogens (primary N) is 1. The number of pyridine rings is 1. The maximum Gasteiger partial charge on any atom is 0.213 e. The van der Waals surface area contributed by atoms with E-state index >= 15 is 0 Å². The molecule has 3 nitrogen and oxygen atoms in total. The summed E-state index contributed by atoms with van der Waals surface area (Å²) < 4.78 is 5.59. The Bertz CT molecular complexity index is 310. The average molecular weight is 206 g/mol. The summed E-state index contributed by atoms with van der Waals surface area (Å²) in [7, 11) is 0. The standard InChI is InChI=1S/C12H18N2O/c13-9-11-4-6-14-12(8-11)15-7-5-10-2-1-3-10/h4,6,8,10H,1-3,5,7,9,13H2. The zero-order valence-electron chi connectivity index (χ0n) is 8.98. The van der Waals surface area contributed by atoms with E-state index in [1.54, 1.807) is 6.20 Å². The second-order valence-electron chi connectivity index (χ2n) is 4.14. The minimum absolute atomic E-state index is 0.543. The molecule has 0 saturated heterocycles. The molecule has 0 amide bonds. The van der Waals surface area contributed by atoms with E-state index in [9.17, 15) is 0 Å². The first kappa shape index (κ1) is 10.4. The lowest BCUT2D eigenvalue weighted by Crippen LogP contribution is -2.14. The zero-order chi connectivity index (χ0) is 10.5. The molecule has 0 atom stereocenters. The zero-order valence-corrected chi connectivity index (χ0v) is 8.98. The Labute approximate surface area is 90.7 Å². The lowest BCUT2D eigenvalue weighted by atomic mass is 9.83. The molecule has 82 valence electrons. The van der Waals surface area contributed by atoms with Crippen LogP contribution in [0.1, 0.15) is 31.2 Å². The number of ether oxygens (including phenoxy) is 1. The van der Waals surface area contributed by atoms with Gasteiger partial charge in [-0.05, 0) is 24.0 Å². The van der Waals surface area contributed by atoms with E-state index in [0.29, 0.717) is 12.4 Å². The summed E-state index contributed by atoms with van der Waals surface area (Å²) in [5.74, 6) is 1.60. The van der Waals surface area contributed by atoms with Crippen molar-refractivity contribution in [1.29, 1.82) is 0 Å². The fourth-order valence-corrected chi connectivity index (χ4v) is 1.77. The fourth-order valence-electron chi connectivity index (χ4n) is 1.77. The fraction of sp³-hybridized carbons (Fsp3) is 0.583. The maximum absolute atomic E-state index is 5.59. The minimum atomic E-state index is 0.543. The highest BCUT2D eigenvalue weighted by atomic mass is 16.5. The van der Waals surface area contributed by atoms with Crippen molar-refractivity contribution in [1.82, 2.24) is 4.98 Å². The maximum atomic E-state index is 5.59. The first-order valence-electron chi connectivity index (χ1n) is 5.66. The van der Waals surface area contributed by atoms with E-state index in [-0.39, 0.29) is 0 Å². The Kier molecular flexibility index (Phi) is 3.56. The van der Waals surface area contributed by atoms with Crippen molar-refractivity contribution in [2.45, 2.75) is 32.2 Å². The molecule has 1 aromatic rings. The normalized spacial score (nSPS) is 16.1. The third kappa shape index (κ3) is 2.93. The molecule has 1 aliphatic carbocycles. The Hall–Kier alpha value is -1.09. The Morgan fingerprint density at radius 1 is 1.47 bits per heavy atom. The predicted octanol–water partition coefficient (Wildman–Crippen LogP) is 2.11. The van der Waals surface area contributed by atoms with Crippen molar-refractivity contribution in [3.8, 4) is 5.88 Å². The highest BCUT2D eigenvalue weighted by Crippen LogP contribution is 2.29. The molecule has 2 N–H and O–H groups in total.